The Morgan fingerprint density at radius 2 is 2.37 bits per heavy atom. The van der Waals surface area contributed by atoms with Crippen LogP contribution in [-0.4, -0.2) is 42.1 Å². The maximum Gasteiger partial charge on any atom is 0.0797 e. The van der Waals surface area contributed by atoms with E-state index in [0.29, 0.717) is 6.04 Å². The molecule has 0 saturated carbocycles. The van der Waals surface area contributed by atoms with Crippen molar-refractivity contribution in [1.29, 1.82) is 0 Å². The van der Waals surface area contributed by atoms with Gasteiger partial charge in [-0.2, -0.15) is 0 Å². The summed E-state index contributed by atoms with van der Waals surface area (Å²) in [5, 5.41) is 3.61. The third kappa shape index (κ3) is 4.86. The van der Waals surface area contributed by atoms with Gasteiger partial charge < -0.3 is 10.2 Å². The molecule has 2 heterocycles. The van der Waals surface area contributed by atoms with Gasteiger partial charge in [-0.25, -0.2) is 4.98 Å². The Hall–Kier alpha value is -0.450. The quantitative estimate of drug-likeness (QED) is 0.833. The number of rotatable bonds is 7. The van der Waals surface area contributed by atoms with Crippen molar-refractivity contribution in [2.24, 2.45) is 5.92 Å². The molecule has 0 aliphatic carbocycles. The van der Waals surface area contributed by atoms with Gasteiger partial charge in [0.15, 0.2) is 0 Å². The molecule has 1 atom stereocenters. The monoisotopic (exact) mass is 281 g/mol. The number of nitrogens with one attached hydrogen (secondary N) is 1. The van der Waals surface area contributed by atoms with Crippen molar-refractivity contribution >= 4 is 11.3 Å². The van der Waals surface area contributed by atoms with Crippen LogP contribution in [0.15, 0.2) is 5.51 Å². The highest BCUT2D eigenvalue weighted by molar-refractivity contribution is 7.09. The fourth-order valence-corrected chi connectivity index (χ4v) is 3.59. The van der Waals surface area contributed by atoms with Crippen LogP contribution in [0.4, 0.5) is 0 Å². The summed E-state index contributed by atoms with van der Waals surface area (Å²) < 4.78 is 0. The molecule has 1 N–H and O–H groups in total. The van der Waals surface area contributed by atoms with Gasteiger partial charge in [0.2, 0.25) is 0 Å². The van der Waals surface area contributed by atoms with Crippen LogP contribution in [0.3, 0.4) is 0 Å². The first-order valence-electron chi connectivity index (χ1n) is 7.50. The van der Waals surface area contributed by atoms with E-state index in [1.807, 2.05) is 5.51 Å². The van der Waals surface area contributed by atoms with E-state index < -0.39 is 0 Å². The molecule has 1 fully saturated rings. The van der Waals surface area contributed by atoms with Crippen molar-refractivity contribution in [3.05, 3.63) is 16.1 Å². The summed E-state index contributed by atoms with van der Waals surface area (Å²) in [5.41, 5.74) is 3.18. The van der Waals surface area contributed by atoms with Gasteiger partial charge in [-0.15, -0.1) is 11.3 Å². The lowest BCUT2D eigenvalue weighted by Crippen LogP contribution is -2.40. The van der Waals surface area contributed by atoms with Crippen molar-refractivity contribution < 1.29 is 0 Å². The molecule has 1 aromatic rings. The SMILES string of the molecule is Cc1ncsc1CCN(CC(C)C)CC1CCCN1. The summed E-state index contributed by atoms with van der Waals surface area (Å²) in [6.45, 7) is 11.5. The van der Waals surface area contributed by atoms with Gasteiger partial charge in [-0.3, -0.25) is 0 Å². The van der Waals surface area contributed by atoms with Crippen LogP contribution in [0.5, 0.6) is 0 Å². The van der Waals surface area contributed by atoms with E-state index in [1.165, 1.54) is 49.6 Å². The molecule has 108 valence electrons. The lowest BCUT2D eigenvalue weighted by molar-refractivity contribution is 0.227. The number of hydrogen-bond acceptors (Lipinski definition) is 4. The van der Waals surface area contributed by atoms with E-state index in [4.69, 9.17) is 0 Å². The molecular weight excluding hydrogens is 254 g/mol. The Kier molecular flexibility index (Phi) is 5.79. The van der Waals surface area contributed by atoms with E-state index in [2.05, 4.69) is 36.0 Å². The van der Waals surface area contributed by atoms with Gasteiger partial charge in [0, 0.05) is 30.6 Å². The van der Waals surface area contributed by atoms with Crippen LogP contribution in [0.1, 0.15) is 37.3 Å². The van der Waals surface area contributed by atoms with E-state index in [9.17, 15) is 0 Å². The molecule has 0 amide bonds. The summed E-state index contributed by atoms with van der Waals surface area (Å²) in [4.78, 5) is 8.43. The number of thiazole rings is 1. The highest BCUT2D eigenvalue weighted by Crippen LogP contribution is 2.15. The number of aryl methyl sites for hydroxylation is 1. The second kappa shape index (κ2) is 7.36. The molecule has 1 unspecified atom stereocenters. The molecule has 2 rings (SSSR count). The van der Waals surface area contributed by atoms with Gasteiger partial charge >= 0.3 is 0 Å². The molecule has 0 bridgehead atoms. The molecule has 0 spiro atoms. The van der Waals surface area contributed by atoms with E-state index in [0.717, 1.165) is 12.3 Å². The number of nitrogens with zero attached hydrogens (tertiary/aromatic N) is 2. The second-order valence-corrected chi connectivity index (χ2v) is 7.00. The Bertz CT molecular complexity index is 369. The fraction of sp³-hybridized carbons (Fsp3) is 0.800. The van der Waals surface area contributed by atoms with Crippen LogP contribution < -0.4 is 5.32 Å². The Morgan fingerprint density at radius 1 is 1.53 bits per heavy atom. The van der Waals surface area contributed by atoms with Crippen molar-refractivity contribution in [3.63, 3.8) is 0 Å². The third-order valence-corrected chi connectivity index (χ3v) is 4.76. The minimum atomic E-state index is 0.710. The number of hydrogen-bond donors (Lipinski definition) is 1. The van der Waals surface area contributed by atoms with Gasteiger partial charge in [-0.1, -0.05) is 13.8 Å². The second-order valence-electron chi connectivity index (χ2n) is 6.06. The first-order valence-corrected chi connectivity index (χ1v) is 8.38. The molecule has 0 aromatic carbocycles. The third-order valence-electron chi connectivity index (χ3n) is 3.76. The smallest absolute Gasteiger partial charge is 0.0797 e. The van der Waals surface area contributed by atoms with E-state index in [-0.39, 0.29) is 0 Å². The Labute approximate surface area is 121 Å². The summed E-state index contributed by atoms with van der Waals surface area (Å²) >= 11 is 1.80. The zero-order chi connectivity index (χ0) is 13.7. The first kappa shape index (κ1) is 14.9. The predicted octanol–water partition coefficient (Wildman–Crippen LogP) is 2.70. The van der Waals surface area contributed by atoms with E-state index >= 15 is 0 Å². The van der Waals surface area contributed by atoms with Crippen molar-refractivity contribution in [1.82, 2.24) is 15.2 Å². The molecular formula is C15H27N3S. The van der Waals surface area contributed by atoms with Crippen LogP contribution in [-0.2, 0) is 6.42 Å². The van der Waals surface area contributed by atoms with Gasteiger partial charge in [0.05, 0.1) is 11.2 Å². The average molecular weight is 281 g/mol. The largest absolute Gasteiger partial charge is 0.313 e. The van der Waals surface area contributed by atoms with Crippen LogP contribution in [0.2, 0.25) is 0 Å². The average Bonchev–Trinajstić information content (AvgIpc) is 2.97. The predicted molar refractivity (Wildman–Crippen MR) is 82.9 cm³/mol. The molecule has 1 saturated heterocycles. The molecule has 19 heavy (non-hydrogen) atoms. The van der Waals surface area contributed by atoms with Crippen LogP contribution in [0, 0.1) is 12.8 Å². The van der Waals surface area contributed by atoms with Gasteiger partial charge in [0.25, 0.3) is 0 Å². The molecule has 1 aliphatic heterocycles. The minimum absolute atomic E-state index is 0.710. The zero-order valence-corrected chi connectivity index (χ0v) is 13.3. The molecule has 1 aromatic heterocycles. The van der Waals surface area contributed by atoms with Gasteiger partial charge in [-0.05, 0) is 38.6 Å². The normalized spacial score (nSPS) is 19.7. The van der Waals surface area contributed by atoms with Crippen molar-refractivity contribution in [2.75, 3.05) is 26.2 Å². The molecule has 4 heteroatoms. The standard InChI is InChI=1S/C15H27N3S/c1-12(2)9-18(10-14-5-4-7-16-14)8-6-15-13(3)17-11-19-15/h11-12,14,16H,4-10H2,1-3H3. The van der Waals surface area contributed by atoms with Crippen LogP contribution in [0.25, 0.3) is 0 Å². The first-order chi connectivity index (χ1) is 9.15. The molecule has 3 nitrogen and oxygen atoms in total. The van der Waals surface area contributed by atoms with Crippen LogP contribution >= 0.6 is 11.3 Å². The van der Waals surface area contributed by atoms with Crippen molar-refractivity contribution in [2.45, 2.75) is 46.1 Å². The fourth-order valence-electron chi connectivity index (χ4n) is 2.82. The lowest BCUT2D eigenvalue weighted by Gasteiger charge is -2.27. The Balaban J connectivity index is 1.84. The summed E-state index contributed by atoms with van der Waals surface area (Å²) in [6.07, 6.45) is 3.83. The van der Waals surface area contributed by atoms with Gasteiger partial charge in [0.1, 0.15) is 0 Å². The summed E-state index contributed by atoms with van der Waals surface area (Å²) in [6, 6.07) is 0.710. The number of aromatic nitrogens is 1. The molecule has 0 radical (unpaired) electrons. The highest BCUT2D eigenvalue weighted by Gasteiger charge is 2.18. The topological polar surface area (TPSA) is 28.2 Å². The van der Waals surface area contributed by atoms with E-state index in [1.54, 1.807) is 11.3 Å². The maximum absolute atomic E-state index is 4.35. The molecule has 1 aliphatic rings. The van der Waals surface area contributed by atoms with Crippen molar-refractivity contribution in [3.8, 4) is 0 Å². The Morgan fingerprint density at radius 3 is 2.95 bits per heavy atom. The maximum atomic E-state index is 4.35. The highest BCUT2D eigenvalue weighted by atomic mass is 32.1. The summed E-state index contributed by atoms with van der Waals surface area (Å²) in [5.74, 6) is 0.740. The zero-order valence-electron chi connectivity index (χ0n) is 12.5. The lowest BCUT2D eigenvalue weighted by atomic mass is 10.1. The summed E-state index contributed by atoms with van der Waals surface area (Å²) in [7, 11) is 0. The minimum Gasteiger partial charge on any atom is -0.313 e.